The van der Waals surface area contributed by atoms with E-state index in [1.165, 1.54) is 6.07 Å². The number of carbonyl (C=O) groups excluding carboxylic acids is 1. The van der Waals surface area contributed by atoms with Gasteiger partial charge in [0.25, 0.3) is 5.78 Å². The minimum Gasteiger partial charge on any atom is -0.398 e. The summed E-state index contributed by atoms with van der Waals surface area (Å²) in [6.45, 7) is 0. The minimum atomic E-state index is -4.93. The van der Waals surface area contributed by atoms with Crippen molar-refractivity contribution >= 4 is 27.9 Å². The van der Waals surface area contributed by atoms with Crippen LogP contribution < -0.4 is 10.6 Å². The van der Waals surface area contributed by atoms with Crippen LogP contribution in [0.1, 0.15) is 10.4 Å². The monoisotopic (exact) mass is 282 g/mol. The summed E-state index contributed by atoms with van der Waals surface area (Å²) < 4.78 is 37.4. The molecule has 0 bridgehead atoms. The number of nitrogens with two attached hydrogens (primary N) is 1. The van der Waals surface area contributed by atoms with Gasteiger partial charge in [-0.25, -0.2) is 0 Å². The molecule has 0 spiro atoms. The van der Waals surface area contributed by atoms with Crippen LogP contribution in [0.4, 0.5) is 24.5 Å². The van der Waals surface area contributed by atoms with Gasteiger partial charge < -0.3 is 10.6 Å². The lowest BCUT2D eigenvalue weighted by Gasteiger charge is -2.15. The zero-order chi connectivity index (χ0) is 15.1. The van der Waals surface area contributed by atoms with E-state index >= 15 is 0 Å². The summed E-state index contributed by atoms with van der Waals surface area (Å²) >= 11 is 0. The lowest BCUT2D eigenvalue weighted by Crippen LogP contribution is -2.23. The average Bonchev–Trinajstić information content (AvgIpc) is 2.37. The Morgan fingerprint density at radius 1 is 1.15 bits per heavy atom. The fourth-order valence-electron chi connectivity index (χ4n) is 1.97. The van der Waals surface area contributed by atoms with E-state index in [1.807, 2.05) is 19.0 Å². The number of carbonyl (C=O) groups is 1. The summed E-state index contributed by atoms with van der Waals surface area (Å²) in [5, 5.41) is 1.12. The molecule has 0 saturated carbocycles. The highest BCUT2D eigenvalue weighted by Gasteiger charge is 2.40. The van der Waals surface area contributed by atoms with Crippen LogP contribution in [0.3, 0.4) is 0 Å². The quantitative estimate of drug-likeness (QED) is 0.679. The predicted molar refractivity (Wildman–Crippen MR) is 73.1 cm³/mol. The van der Waals surface area contributed by atoms with E-state index in [0.717, 1.165) is 11.8 Å². The van der Waals surface area contributed by atoms with E-state index < -0.39 is 17.5 Å². The number of ketones is 1. The van der Waals surface area contributed by atoms with E-state index in [1.54, 1.807) is 18.2 Å². The van der Waals surface area contributed by atoms with Gasteiger partial charge in [-0.1, -0.05) is 12.1 Å². The van der Waals surface area contributed by atoms with Crippen LogP contribution in [0.2, 0.25) is 0 Å². The van der Waals surface area contributed by atoms with E-state index in [9.17, 15) is 18.0 Å². The van der Waals surface area contributed by atoms with Crippen LogP contribution >= 0.6 is 0 Å². The average molecular weight is 282 g/mol. The molecule has 0 saturated heterocycles. The Morgan fingerprint density at radius 2 is 1.80 bits per heavy atom. The third-order valence-electron chi connectivity index (χ3n) is 3.06. The van der Waals surface area contributed by atoms with Gasteiger partial charge in [0, 0.05) is 25.2 Å². The molecule has 106 valence electrons. The number of anilines is 2. The van der Waals surface area contributed by atoms with E-state index in [0.29, 0.717) is 10.8 Å². The first-order valence-electron chi connectivity index (χ1n) is 5.83. The lowest BCUT2D eigenvalue weighted by molar-refractivity contribution is -0.0884. The van der Waals surface area contributed by atoms with Crippen molar-refractivity contribution < 1.29 is 18.0 Å². The molecular weight excluding hydrogens is 269 g/mol. The molecule has 0 aliphatic rings. The van der Waals surface area contributed by atoms with Gasteiger partial charge in [0.05, 0.1) is 11.3 Å². The Balaban J connectivity index is 2.61. The second kappa shape index (κ2) is 4.70. The third kappa shape index (κ3) is 2.41. The second-order valence-electron chi connectivity index (χ2n) is 4.65. The largest absolute Gasteiger partial charge is 0.454 e. The third-order valence-corrected chi connectivity index (χ3v) is 3.06. The number of hydrogen-bond acceptors (Lipinski definition) is 3. The Bertz CT molecular complexity index is 678. The number of Topliss-reactive ketones (excluding diaryl/α,β-unsaturated/α-hetero) is 1. The summed E-state index contributed by atoms with van der Waals surface area (Å²) in [7, 11) is 3.71. The van der Waals surface area contributed by atoms with Crippen LogP contribution in [0.15, 0.2) is 30.3 Å². The summed E-state index contributed by atoms with van der Waals surface area (Å²) in [5.74, 6) is -1.92. The van der Waals surface area contributed by atoms with Crippen LogP contribution in [0.25, 0.3) is 10.8 Å². The highest BCUT2D eigenvalue weighted by molar-refractivity contribution is 6.11. The number of hydrogen-bond donors (Lipinski definition) is 1. The number of fused-ring (bicyclic) bond motifs is 1. The minimum absolute atomic E-state index is 0.143. The van der Waals surface area contributed by atoms with Crippen LogP contribution in [0.5, 0.6) is 0 Å². The van der Waals surface area contributed by atoms with Gasteiger partial charge in [-0.2, -0.15) is 13.2 Å². The molecule has 0 aliphatic heterocycles. The molecule has 0 unspecified atom stereocenters. The lowest BCUT2D eigenvalue weighted by atomic mass is 10.0. The maximum Gasteiger partial charge on any atom is 0.454 e. The van der Waals surface area contributed by atoms with Gasteiger partial charge in [0.15, 0.2) is 0 Å². The molecule has 2 aromatic carbocycles. The van der Waals surface area contributed by atoms with Crippen LogP contribution in [-0.4, -0.2) is 26.1 Å². The first-order valence-corrected chi connectivity index (χ1v) is 5.83. The van der Waals surface area contributed by atoms with Gasteiger partial charge >= 0.3 is 6.18 Å². The number of alkyl halides is 3. The van der Waals surface area contributed by atoms with Crippen molar-refractivity contribution in [3.8, 4) is 0 Å². The van der Waals surface area contributed by atoms with Crippen molar-refractivity contribution in [1.29, 1.82) is 0 Å². The van der Waals surface area contributed by atoms with Crippen LogP contribution in [0, 0.1) is 0 Å². The van der Waals surface area contributed by atoms with Gasteiger partial charge in [-0.15, -0.1) is 0 Å². The van der Waals surface area contributed by atoms with E-state index in [4.69, 9.17) is 5.73 Å². The zero-order valence-corrected chi connectivity index (χ0v) is 11.0. The fourth-order valence-corrected chi connectivity index (χ4v) is 1.97. The fraction of sp³-hybridized carbons (Fsp3) is 0.214. The Morgan fingerprint density at radius 3 is 2.35 bits per heavy atom. The molecule has 2 N–H and O–H groups in total. The molecule has 6 heteroatoms. The van der Waals surface area contributed by atoms with Crippen molar-refractivity contribution in [3.63, 3.8) is 0 Å². The van der Waals surface area contributed by atoms with Gasteiger partial charge in [0.1, 0.15) is 0 Å². The summed E-state index contributed by atoms with van der Waals surface area (Å²) in [4.78, 5) is 13.2. The maximum atomic E-state index is 12.5. The first-order chi connectivity index (χ1) is 9.21. The molecule has 0 aromatic heterocycles. The second-order valence-corrected chi connectivity index (χ2v) is 4.65. The Kier molecular flexibility index (Phi) is 3.33. The van der Waals surface area contributed by atoms with Crippen molar-refractivity contribution in [3.05, 3.63) is 35.9 Å². The molecule has 0 fully saturated rings. The van der Waals surface area contributed by atoms with Crippen molar-refractivity contribution in [2.45, 2.75) is 6.18 Å². The van der Waals surface area contributed by atoms with E-state index in [2.05, 4.69) is 0 Å². The molecular formula is C14H13F3N2O. The van der Waals surface area contributed by atoms with Crippen molar-refractivity contribution in [2.75, 3.05) is 24.7 Å². The Hall–Kier alpha value is -2.24. The first kappa shape index (κ1) is 14.2. The molecule has 0 atom stereocenters. The Labute approximate surface area is 113 Å². The highest BCUT2D eigenvalue weighted by atomic mass is 19.4. The summed E-state index contributed by atoms with van der Waals surface area (Å²) in [5.41, 5.74) is 5.95. The van der Waals surface area contributed by atoms with Gasteiger partial charge in [0.2, 0.25) is 0 Å². The normalized spacial score (nSPS) is 11.7. The summed E-state index contributed by atoms with van der Waals surface area (Å²) in [6.07, 6.45) is -4.93. The maximum absolute atomic E-state index is 12.5. The van der Waals surface area contributed by atoms with Gasteiger partial charge in [-0.3, -0.25) is 4.79 Å². The standard InChI is InChI=1S/C14H13F3N2O/c1-19(2)9-4-6-10-8(7-9)3-5-11(12(10)18)13(20)14(15,16)17/h3-7H,18H2,1-2H3. The molecule has 3 nitrogen and oxygen atoms in total. The predicted octanol–water partition coefficient (Wildman–Crippen LogP) is 3.23. The molecule has 0 amide bonds. The number of halogens is 3. The molecule has 2 rings (SSSR count). The number of benzene rings is 2. The molecule has 20 heavy (non-hydrogen) atoms. The van der Waals surface area contributed by atoms with Crippen molar-refractivity contribution in [2.24, 2.45) is 0 Å². The molecule has 0 radical (unpaired) electrons. The SMILES string of the molecule is CN(C)c1ccc2c(N)c(C(=O)C(F)(F)F)ccc2c1. The van der Waals surface area contributed by atoms with E-state index in [-0.39, 0.29) is 5.69 Å². The topological polar surface area (TPSA) is 46.3 Å². The van der Waals surface area contributed by atoms with Gasteiger partial charge in [-0.05, 0) is 23.6 Å². The summed E-state index contributed by atoms with van der Waals surface area (Å²) in [6, 6.07) is 7.74. The number of nitrogens with zero attached hydrogens (tertiary/aromatic N) is 1. The number of nitrogen functional groups attached to an aromatic ring is 1. The smallest absolute Gasteiger partial charge is 0.398 e. The zero-order valence-electron chi connectivity index (χ0n) is 11.0. The molecule has 0 heterocycles. The van der Waals surface area contributed by atoms with Crippen molar-refractivity contribution in [1.82, 2.24) is 0 Å². The number of rotatable bonds is 2. The molecule has 0 aliphatic carbocycles. The van der Waals surface area contributed by atoms with Crippen LogP contribution in [-0.2, 0) is 0 Å². The molecule has 2 aromatic rings. The highest BCUT2D eigenvalue weighted by Crippen LogP contribution is 2.31.